The van der Waals surface area contributed by atoms with Crippen LogP contribution in [-0.2, 0) is 33.7 Å². The third kappa shape index (κ3) is 28.0. The molecule has 1 aromatic heterocycles. The van der Waals surface area contributed by atoms with Crippen LogP contribution in [0.1, 0.15) is 104 Å². The normalized spacial score (nSPS) is 12.4. The molecule has 286 valence electrons. The molecule has 0 radical (unpaired) electrons. The van der Waals surface area contributed by atoms with Crippen molar-refractivity contribution in [1.82, 2.24) is 20.8 Å². The molecule has 0 saturated heterocycles. The van der Waals surface area contributed by atoms with E-state index in [1.165, 1.54) is 30.4 Å². The molecule has 1 unspecified atom stereocenters. The first kappa shape index (κ1) is 48.6. The predicted octanol–water partition coefficient (Wildman–Crippen LogP) is 7.61. The summed E-state index contributed by atoms with van der Waals surface area (Å²) in [7, 11) is 0. The van der Waals surface area contributed by atoms with Gasteiger partial charge in [0.2, 0.25) is 16.9 Å². The molecule has 9 N–H and O–H groups in total. The Morgan fingerprint density at radius 2 is 1.69 bits per heavy atom. The van der Waals surface area contributed by atoms with E-state index in [1.54, 1.807) is 12.3 Å². The maximum atomic E-state index is 13.3. The Balaban J connectivity index is 0. The van der Waals surface area contributed by atoms with Gasteiger partial charge in [0.05, 0.1) is 18.6 Å². The van der Waals surface area contributed by atoms with Crippen molar-refractivity contribution < 1.29 is 18.7 Å². The average Bonchev–Trinajstić information content (AvgIpc) is 3.48. The molecule has 13 heteroatoms. The number of alkyl halides is 1. The second-order valence-electron chi connectivity index (χ2n) is 11.7. The van der Waals surface area contributed by atoms with Crippen molar-refractivity contribution >= 4 is 28.3 Å². The second kappa shape index (κ2) is 28.2. The second-order valence-corrected chi connectivity index (χ2v) is 12.7. The van der Waals surface area contributed by atoms with Gasteiger partial charge < -0.3 is 32.2 Å². The number of unbranched alkanes of at least 4 members (excludes halogenated alkanes) is 1. The number of anilines is 1. The van der Waals surface area contributed by atoms with Crippen LogP contribution in [0.2, 0.25) is 0 Å². The molecule has 1 atom stereocenters. The minimum Gasteiger partial charge on any atom is -0.450 e. The number of ether oxygens (including phenoxy) is 1. The van der Waals surface area contributed by atoms with E-state index in [0.29, 0.717) is 35.8 Å². The van der Waals surface area contributed by atoms with Crippen molar-refractivity contribution in [2.24, 2.45) is 23.1 Å². The van der Waals surface area contributed by atoms with Crippen LogP contribution in [0.4, 0.5) is 9.52 Å². The molecule has 0 saturated carbocycles. The van der Waals surface area contributed by atoms with E-state index in [4.69, 9.17) is 21.9 Å². The van der Waals surface area contributed by atoms with Crippen LogP contribution in [-0.4, -0.2) is 28.0 Å². The van der Waals surface area contributed by atoms with E-state index in [-0.39, 0.29) is 30.3 Å². The highest BCUT2D eigenvalue weighted by Gasteiger charge is 2.17. The number of aryl methyl sites for hydroxylation is 1. The molecule has 0 bridgehead atoms. The van der Waals surface area contributed by atoms with E-state index < -0.39 is 11.9 Å². The first-order chi connectivity index (χ1) is 24.1. The topological polar surface area (TPSA) is 183 Å². The van der Waals surface area contributed by atoms with E-state index in [2.05, 4.69) is 60.1 Å². The molecule has 2 aromatic rings. The molecule has 0 aliphatic rings. The lowest BCUT2D eigenvalue weighted by atomic mass is 10.1. The van der Waals surface area contributed by atoms with Crippen molar-refractivity contribution in [1.29, 1.82) is 0 Å². The molecule has 2 amide bonds. The quantitative estimate of drug-likeness (QED) is 0.0296. The van der Waals surface area contributed by atoms with Crippen LogP contribution in [0.25, 0.3) is 0 Å². The Kier molecular flexibility index (Phi) is 26.9. The first-order valence-electron chi connectivity index (χ1n) is 17.3. The predicted molar refractivity (Wildman–Crippen MR) is 211 cm³/mol. The molecule has 0 spiro atoms. The van der Waals surface area contributed by atoms with Gasteiger partial charge in [-0.3, -0.25) is 15.3 Å². The number of hydrogen-bond acceptors (Lipinski definition) is 10. The SMILES string of the molecule is C=CNCc1cccc(CC(=O)Nc2nnc(CCCC/C(N)=C/C=C(\N)NC(=O)CC(=C)/C=C(\C)OC(C)(N)F)s2)c1.CC.CC.CC(C)C. The Hall–Kier alpha value is -4.49. The smallest absolute Gasteiger partial charge is 0.301 e. The highest BCUT2D eigenvalue weighted by molar-refractivity contribution is 7.15. The third-order valence-electron chi connectivity index (χ3n) is 5.54. The molecule has 11 nitrogen and oxygen atoms in total. The van der Waals surface area contributed by atoms with Crippen LogP contribution in [0, 0.1) is 5.92 Å². The number of carbonyl (C=O) groups is 2. The van der Waals surface area contributed by atoms with Crippen LogP contribution in [0.3, 0.4) is 0 Å². The lowest BCUT2D eigenvalue weighted by Gasteiger charge is -2.17. The van der Waals surface area contributed by atoms with Gasteiger partial charge in [-0.15, -0.1) is 10.2 Å². The first-order valence-corrected chi connectivity index (χ1v) is 18.2. The standard InChI is InChI=1S/C30H41FN8O3S.C4H10.2C2H6/c1-5-35-19-23-10-8-9-22(17-23)18-27(41)37-29-39-38-28(43-29)12-7-6-11-24(32)13-14-25(33)36-26(40)16-20(2)15-21(3)42-30(4,31)34;1-4(2)3;2*1-2/h5,8-10,13-15,17,35H,1-2,6-7,11-12,16,18-19,32-34H2,3-4H3,(H,36,40)(H,37,39,41);4H,1-3H3;2*1-2H3/b21-15+,24-13-,25-14+;;;. The number of aromatic nitrogens is 2. The van der Waals surface area contributed by atoms with Crippen LogP contribution in [0.15, 0.2) is 84.7 Å². The summed E-state index contributed by atoms with van der Waals surface area (Å²) in [6.07, 6.45) is 9.32. The number of halogens is 1. The fraction of sp³-hybridized carbons (Fsp3) is 0.474. The molecule has 1 heterocycles. The number of amides is 2. The number of nitrogens with one attached hydrogen (secondary N) is 3. The fourth-order valence-electron chi connectivity index (χ4n) is 3.81. The van der Waals surface area contributed by atoms with Gasteiger partial charge in [-0.25, -0.2) is 0 Å². The average molecular weight is 731 g/mol. The Morgan fingerprint density at radius 3 is 2.29 bits per heavy atom. The van der Waals surface area contributed by atoms with Crippen molar-refractivity contribution in [2.45, 2.75) is 113 Å². The monoisotopic (exact) mass is 730 g/mol. The van der Waals surface area contributed by atoms with Gasteiger partial charge in [0, 0.05) is 25.6 Å². The lowest BCUT2D eigenvalue weighted by molar-refractivity contribution is -0.119. The van der Waals surface area contributed by atoms with Crippen LogP contribution >= 0.6 is 11.3 Å². The van der Waals surface area contributed by atoms with E-state index in [9.17, 15) is 14.0 Å². The number of allylic oxidation sites excluding steroid dienone is 5. The molecular formula is C38H63FN8O3S. The zero-order chi connectivity index (χ0) is 39.4. The summed E-state index contributed by atoms with van der Waals surface area (Å²) in [6.45, 7) is 25.1. The van der Waals surface area contributed by atoms with E-state index in [1.807, 2.05) is 52.0 Å². The van der Waals surface area contributed by atoms with Gasteiger partial charge in [-0.2, -0.15) is 4.39 Å². The zero-order valence-corrected chi connectivity index (χ0v) is 33.0. The van der Waals surface area contributed by atoms with Crippen molar-refractivity contribution in [3.8, 4) is 0 Å². The Morgan fingerprint density at radius 1 is 1.06 bits per heavy atom. The summed E-state index contributed by atoms with van der Waals surface area (Å²) in [5.74, 6) is -1.73. The van der Waals surface area contributed by atoms with Gasteiger partial charge in [-0.1, -0.05) is 97.2 Å². The summed E-state index contributed by atoms with van der Waals surface area (Å²) in [5.41, 5.74) is 20.0. The molecule has 0 aliphatic heterocycles. The fourth-order valence-corrected chi connectivity index (χ4v) is 4.61. The summed E-state index contributed by atoms with van der Waals surface area (Å²) < 4.78 is 18.2. The van der Waals surface area contributed by atoms with Gasteiger partial charge in [-0.05, 0) is 73.2 Å². The molecular weight excluding hydrogens is 668 g/mol. The number of nitrogens with two attached hydrogens (primary N) is 3. The van der Waals surface area contributed by atoms with Gasteiger partial charge >= 0.3 is 5.98 Å². The molecule has 0 aliphatic carbocycles. The summed E-state index contributed by atoms with van der Waals surface area (Å²) >= 11 is 1.35. The number of hydrogen-bond donors (Lipinski definition) is 6. The van der Waals surface area contributed by atoms with Gasteiger partial charge in [0.1, 0.15) is 10.8 Å². The summed E-state index contributed by atoms with van der Waals surface area (Å²) in [5, 5.41) is 17.9. The minimum absolute atomic E-state index is 0.0682. The van der Waals surface area contributed by atoms with Crippen molar-refractivity contribution in [3.63, 3.8) is 0 Å². The van der Waals surface area contributed by atoms with E-state index >= 15 is 0 Å². The van der Waals surface area contributed by atoms with Crippen molar-refractivity contribution in [2.75, 3.05) is 5.32 Å². The largest absolute Gasteiger partial charge is 0.450 e. The van der Waals surface area contributed by atoms with Crippen molar-refractivity contribution in [3.05, 3.63) is 101 Å². The number of nitrogens with zero attached hydrogens (tertiary/aromatic N) is 2. The maximum absolute atomic E-state index is 13.3. The number of carbonyl (C=O) groups excluding carboxylic acids is 2. The molecule has 1 aromatic carbocycles. The summed E-state index contributed by atoms with van der Waals surface area (Å²) in [4.78, 5) is 24.6. The Bertz CT molecular complexity index is 1410. The third-order valence-corrected chi connectivity index (χ3v) is 6.44. The highest BCUT2D eigenvalue weighted by atomic mass is 32.1. The minimum atomic E-state index is -2.32. The summed E-state index contributed by atoms with van der Waals surface area (Å²) in [6, 6.07) is 7.79. The van der Waals surface area contributed by atoms with Gasteiger partial charge in [0.25, 0.3) is 0 Å². The highest BCUT2D eigenvalue weighted by Crippen LogP contribution is 2.19. The maximum Gasteiger partial charge on any atom is 0.301 e. The zero-order valence-electron chi connectivity index (χ0n) is 32.2. The molecule has 0 fully saturated rings. The molecule has 51 heavy (non-hydrogen) atoms. The lowest BCUT2D eigenvalue weighted by Crippen LogP contribution is -2.33. The van der Waals surface area contributed by atoms with Crippen LogP contribution < -0.4 is 33.2 Å². The van der Waals surface area contributed by atoms with Crippen LogP contribution in [0.5, 0.6) is 0 Å². The van der Waals surface area contributed by atoms with E-state index in [0.717, 1.165) is 41.8 Å². The van der Waals surface area contributed by atoms with Gasteiger partial charge in [0.15, 0.2) is 0 Å². The number of benzene rings is 1. The molecule has 2 rings (SSSR count). The number of rotatable bonds is 18. The Labute approximate surface area is 309 Å².